The van der Waals surface area contributed by atoms with Crippen LogP contribution in [0.2, 0.25) is 0 Å². The van der Waals surface area contributed by atoms with E-state index in [9.17, 15) is 14.9 Å². The van der Waals surface area contributed by atoms with E-state index in [0.717, 1.165) is 17.0 Å². The predicted molar refractivity (Wildman–Crippen MR) is 120 cm³/mol. The van der Waals surface area contributed by atoms with E-state index < -0.39 is 29.2 Å². The van der Waals surface area contributed by atoms with Crippen LogP contribution in [0.5, 0.6) is 0 Å². The van der Waals surface area contributed by atoms with E-state index in [2.05, 4.69) is 21.7 Å². The molecule has 1 saturated carbocycles. The van der Waals surface area contributed by atoms with Crippen molar-refractivity contribution in [3.8, 4) is 17.2 Å². The first kappa shape index (κ1) is 23.9. The molecule has 1 aliphatic carbocycles. The van der Waals surface area contributed by atoms with E-state index >= 15 is 8.78 Å². The standard InChI is InChI=1S/C23H21F2N5O3.ClH/c1-12(31)29-6-14-10-30(22(32)33-14)13-4-19(24)21(20(25)5-13)15-7-27-3-2-16(15)23(11-26)17-8-28-9-18(17)23;/h2-5,7,14,17-18,28H,6,8-10H2,1H3,(H,29,31);1H/t14-,17?,18?,23?;/m0./s1. The van der Waals surface area contributed by atoms with Crippen molar-refractivity contribution in [2.24, 2.45) is 11.8 Å². The molecule has 2 aromatic rings. The van der Waals surface area contributed by atoms with Gasteiger partial charge in [-0.05, 0) is 23.8 Å². The van der Waals surface area contributed by atoms with Gasteiger partial charge in [0, 0.05) is 49.8 Å². The van der Waals surface area contributed by atoms with Crippen molar-refractivity contribution in [3.63, 3.8) is 0 Å². The zero-order valence-electron chi connectivity index (χ0n) is 18.2. The van der Waals surface area contributed by atoms with E-state index in [1.807, 2.05) is 0 Å². The minimum Gasteiger partial charge on any atom is -0.442 e. The van der Waals surface area contributed by atoms with Crippen molar-refractivity contribution < 1.29 is 23.1 Å². The smallest absolute Gasteiger partial charge is 0.414 e. The Hall–Kier alpha value is -3.29. The Bertz CT molecular complexity index is 1170. The molecular formula is C23H22ClF2N5O3. The average Bonchev–Trinajstić information content (AvgIpc) is 3.10. The highest BCUT2D eigenvalue weighted by Crippen LogP contribution is 2.62. The minimum atomic E-state index is -0.866. The first-order valence-corrected chi connectivity index (χ1v) is 10.6. The van der Waals surface area contributed by atoms with Gasteiger partial charge in [-0.25, -0.2) is 13.6 Å². The molecule has 2 amide bonds. The molecule has 0 bridgehead atoms. The lowest BCUT2D eigenvalue weighted by molar-refractivity contribution is -0.119. The molecule has 3 atom stereocenters. The van der Waals surface area contributed by atoms with Crippen LogP contribution in [0.3, 0.4) is 0 Å². The minimum absolute atomic E-state index is 0. The largest absolute Gasteiger partial charge is 0.442 e. The zero-order chi connectivity index (χ0) is 23.3. The van der Waals surface area contributed by atoms with Gasteiger partial charge in [-0.3, -0.25) is 14.7 Å². The van der Waals surface area contributed by atoms with Crippen LogP contribution < -0.4 is 15.5 Å². The van der Waals surface area contributed by atoms with Crippen molar-refractivity contribution in [3.05, 3.63) is 47.8 Å². The van der Waals surface area contributed by atoms with Gasteiger partial charge in [0.05, 0.1) is 35.8 Å². The molecule has 0 spiro atoms. The molecule has 2 saturated heterocycles. The van der Waals surface area contributed by atoms with Gasteiger partial charge in [0.1, 0.15) is 17.7 Å². The third-order valence-electron chi connectivity index (χ3n) is 6.79. The third kappa shape index (κ3) is 3.65. The molecule has 5 rings (SSSR count). The lowest BCUT2D eigenvalue weighted by atomic mass is 9.86. The second kappa shape index (κ2) is 8.81. The molecule has 11 heteroatoms. The summed E-state index contributed by atoms with van der Waals surface area (Å²) in [5, 5.41) is 15.8. The van der Waals surface area contributed by atoms with Crippen molar-refractivity contribution in [1.29, 1.82) is 5.26 Å². The summed E-state index contributed by atoms with van der Waals surface area (Å²) in [5.74, 6) is -1.82. The molecule has 3 aliphatic rings. The molecule has 2 unspecified atom stereocenters. The molecule has 2 aliphatic heterocycles. The number of anilines is 1. The number of hydrogen-bond donors (Lipinski definition) is 2. The number of halogens is 3. The Balaban J connectivity index is 0.00000274. The lowest BCUT2D eigenvalue weighted by Gasteiger charge is -2.20. The summed E-state index contributed by atoms with van der Waals surface area (Å²) in [7, 11) is 0. The number of nitrogens with zero attached hydrogens (tertiary/aromatic N) is 3. The van der Waals surface area contributed by atoms with Gasteiger partial charge in [-0.1, -0.05) is 0 Å². The molecule has 2 N–H and O–H groups in total. The highest BCUT2D eigenvalue weighted by atomic mass is 35.5. The number of cyclic esters (lactones) is 1. The Kier molecular flexibility index (Phi) is 6.18. The molecule has 0 radical (unpaired) electrons. The third-order valence-corrected chi connectivity index (χ3v) is 6.79. The number of benzene rings is 1. The van der Waals surface area contributed by atoms with E-state index in [1.165, 1.54) is 19.3 Å². The Labute approximate surface area is 200 Å². The summed E-state index contributed by atoms with van der Waals surface area (Å²) in [6.07, 6.45) is 1.53. The fourth-order valence-electron chi connectivity index (χ4n) is 5.19. The molecule has 178 valence electrons. The summed E-state index contributed by atoms with van der Waals surface area (Å²) in [5.41, 5.74) is -0.258. The number of nitriles is 1. The normalized spacial score (nSPS) is 26.8. The molecule has 3 fully saturated rings. The predicted octanol–water partition coefficient (Wildman–Crippen LogP) is 2.52. The van der Waals surface area contributed by atoms with Crippen LogP contribution in [0.25, 0.3) is 11.1 Å². The van der Waals surface area contributed by atoms with E-state index in [0.29, 0.717) is 18.7 Å². The highest BCUT2D eigenvalue weighted by Gasteiger charge is 2.68. The summed E-state index contributed by atoms with van der Waals surface area (Å²) in [6, 6.07) is 6.21. The number of piperidine rings is 1. The SMILES string of the molecule is CC(=O)NC[C@H]1CN(c2cc(F)c(-c3cnccc3C3(C#N)C4CNCC43)c(F)c2)C(=O)O1.Cl. The molecule has 34 heavy (non-hydrogen) atoms. The first-order valence-electron chi connectivity index (χ1n) is 10.6. The number of amides is 2. The molecular weight excluding hydrogens is 468 g/mol. The van der Waals surface area contributed by atoms with Crippen molar-refractivity contribution in [2.75, 3.05) is 31.1 Å². The van der Waals surface area contributed by atoms with Gasteiger partial charge in [-0.15, -0.1) is 12.4 Å². The van der Waals surface area contributed by atoms with E-state index in [-0.39, 0.29) is 60.1 Å². The van der Waals surface area contributed by atoms with Crippen molar-refractivity contribution >= 4 is 30.1 Å². The maximum Gasteiger partial charge on any atom is 0.414 e. The summed E-state index contributed by atoms with van der Waals surface area (Å²) >= 11 is 0. The second-order valence-electron chi connectivity index (χ2n) is 8.61. The van der Waals surface area contributed by atoms with Crippen LogP contribution in [0.4, 0.5) is 19.3 Å². The lowest BCUT2D eigenvalue weighted by Crippen LogP contribution is -2.33. The van der Waals surface area contributed by atoms with Gasteiger partial charge in [0.25, 0.3) is 0 Å². The van der Waals surface area contributed by atoms with Gasteiger partial charge < -0.3 is 15.4 Å². The number of aromatic nitrogens is 1. The average molecular weight is 490 g/mol. The fraction of sp³-hybridized carbons (Fsp3) is 0.391. The Morgan fingerprint density at radius 3 is 2.65 bits per heavy atom. The Morgan fingerprint density at radius 2 is 2.03 bits per heavy atom. The van der Waals surface area contributed by atoms with Gasteiger partial charge in [0.15, 0.2) is 0 Å². The number of carbonyl (C=O) groups is 2. The Morgan fingerprint density at radius 1 is 1.35 bits per heavy atom. The highest BCUT2D eigenvalue weighted by molar-refractivity contribution is 5.90. The number of ether oxygens (including phenoxy) is 1. The van der Waals surface area contributed by atoms with Crippen LogP contribution in [-0.4, -0.2) is 49.3 Å². The van der Waals surface area contributed by atoms with Gasteiger partial charge in [0.2, 0.25) is 5.91 Å². The molecule has 1 aromatic heterocycles. The fourth-order valence-corrected chi connectivity index (χ4v) is 5.19. The van der Waals surface area contributed by atoms with Gasteiger partial charge in [-0.2, -0.15) is 5.26 Å². The number of pyridine rings is 1. The molecule has 8 nitrogen and oxygen atoms in total. The number of hydrogen-bond acceptors (Lipinski definition) is 6. The maximum atomic E-state index is 15.3. The quantitative estimate of drug-likeness (QED) is 0.668. The van der Waals surface area contributed by atoms with Crippen molar-refractivity contribution in [2.45, 2.75) is 18.4 Å². The molecule has 1 aromatic carbocycles. The first-order chi connectivity index (χ1) is 15.9. The number of fused-ring (bicyclic) bond motifs is 1. The van der Waals surface area contributed by atoms with E-state index in [1.54, 1.807) is 6.07 Å². The summed E-state index contributed by atoms with van der Waals surface area (Å²) in [4.78, 5) is 28.5. The van der Waals surface area contributed by atoms with E-state index in [4.69, 9.17) is 4.74 Å². The van der Waals surface area contributed by atoms with Crippen LogP contribution in [-0.2, 0) is 14.9 Å². The number of carbonyl (C=O) groups excluding carboxylic acids is 2. The van der Waals surface area contributed by atoms with Crippen LogP contribution in [0, 0.1) is 34.8 Å². The monoisotopic (exact) mass is 489 g/mol. The maximum absolute atomic E-state index is 15.3. The van der Waals surface area contributed by atoms with Crippen LogP contribution in [0.1, 0.15) is 12.5 Å². The van der Waals surface area contributed by atoms with Crippen LogP contribution in [0.15, 0.2) is 30.6 Å². The van der Waals surface area contributed by atoms with Crippen LogP contribution >= 0.6 is 12.4 Å². The van der Waals surface area contributed by atoms with Crippen molar-refractivity contribution in [1.82, 2.24) is 15.6 Å². The second-order valence-corrected chi connectivity index (χ2v) is 8.61. The van der Waals surface area contributed by atoms with Gasteiger partial charge >= 0.3 is 6.09 Å². The summed E-state index contributed by atoms with van der Waals surface area (Å²) in [6.45, 7) is 2.85. The molecule has 3 heterocycles. The zero-order valence-corrected chi connectivity index (χ0v) is 19.0. The number of rotatable bonds is 5. The topological polar surface area (TPSA) is 107 Å². The summed E-state index contributed by atoms with van der Waals surface area (Å²) < 4.78 is 35.8. The number of nitrogens with one attached hydrogen (secondary N) is 2.